The fourth-order valence-electron chi connectivity index (χ4n) is 2.01. The van der Waals surface area contributed by atoms with Crippen LogP contribution >= 0.6 is 0 Å². The molecule has 1 unspecified atom stereocenters. The van der Waals surface area contributed by atoms with Crippen LogP contribution < -0.4 is 5.32 Å². The Balaban J connectivity index is 2.67. The first-order valence-corrected chi connectivity index (χ1v) is 7.66. The third-order valence-electron chi connectivity index (χ3n) is 3.00. The van der Waals surface area contributed by atoms with Gasteiger partial charge in [-0.25, -0.2) is 4.79 Å². The highest BCUT2D eigenvalue weighted by Gasteiger charge is 2.24. The number of alkyl carbamates (subject to hydrolysis) is 1. The predicted molar refractivity (Wildman–Crippen MR) is 87.8 cm³/mol. The van der Waals surface area contributed by atoms with Gasteiger partial charge in [0.2, 0.25) is 5.91 Å². The largest absolute Gasteiger partial charge is 0.444 e. The number of hydrogen-bond acceptors (Lipinski definition) is 4. The molecule has 1 rings (SSSR count). The second-order valence-corrected chi connectivity index (χ2v) is 6.34. The maximum absolute atomic E-state index is 12.5. The van der Waals surface area contributed by atoms with Gasteiger partial charge in [-0.1, -0.05) is 30.3 Å². The molecule has 23 heavy (non-hydrogen) atoms. The van der Waals surface area contributed by atoms with Gasteiger partial charge in [0, 0.05) is 13.1 Å². The Morgan fingerprint density at radius 3 is 2.39 bits per heavy atom. The maximum Gasteiger partial charge on any atom is 0.408 e. The fraction of sp³-hybridized carbons (Fsp3) is 0.529. The van der Waals surface area contributed by atoms with Gasteiger partial charge in [0.1, 0.15) is 11.6 Å². The minimum atomic E-state index is -0.736. The van der Waals surface area contributed by atoms with E-state index in [1.165, 1.54) is 4.90 Å². The van der Waals surface area contributed by atoms with Crippen LogP contribution in [0.25, 0.3) is 0 Å². The number of nitrogens with one attached hydrogen (secondary N) is 1. The van der Waals surface area contributed by atoms with E-state index < -0.39 is 17.7 Å². The van der Waals surface area contributed by atoms with E-state index in [-0.39, 0.29) is 19.1 Å². The van der Waals surface area contributed by atoms with E-state index >= 15 is 0 Å². The van der Waals surface area contributed by atoms with Crippen molar-refractivity contribution < 1.29 is 19.4 Å². The van der Waals surface area contributed by atoms with Crippen molar-refractivity contribution in [3.05, 3.63) is 35.9 Å². The molecule has 0 aromatic heterocycles. The van der Waals surface area contributed by atoms with Gasteiger partial charge in [-0.15, -0.1) is 0 Å². The monoisotopic (exact) mass is 322 g/mol. The Bertz CT molecular complexity index is 511. The second kappa shape index (κ2) is 8.53. The third kappa shape index (κ3) is 7.15. The summed E-state index contributed by atoms with van der Waals surface area (Å²) in [6.45, 7) is 7.31. The van der Waals surface area contributed by atoms with Gasteiger partial charge in [-0.05, 0) is 33.3 Å². The molecule has 128 valence electrons. The van der Waals surface area contributed by atoms with E-state index in [2.05, 4.69) is 5.32 Å². The zero-order valence-corrected chi connectivity index (χ0v) is 14.2. The van der Waals surface area contributed by atoms with Crippen molar-refractivity contribution in [1.82, 2.24) is 10.2 Å². The Hall–Kier alpha value is -2.08. The zero-order valence-electron chi connectivity index (χ0n) is 14.2. The van der Waals surface area contributed by atoms with Crippen molar-refractivity contribution in [3.8, 4) is 0 Å². The molecule has 6 heteroatoms. The van der Waals surface area contributed by atoms with Gasteiger partial charge >= 0.3 is 6.09 Å². The summed E-state index contributed by atoms with van der Waals surface area (Å²) in [5.41, 5.74) is 0.334. The lowest BCUT2D eigenvalue weighted by atomic mass is 10.2. The molecule has 0 aliphatic carbocycles. The number of nitrogens with zero attached hydrogens (tertiary/aromatic N) is 1. The number of ether oxygens (including phenoxy) is 1. The summed E-state index contributed by atoms with van der Waals surface area (Å²) in [5.74, 6) is -0.270. The third-order valence-corrected chi connectivity index (χ3v) is 3.00. The van der Waals surface area contributed by atoms with Crippen LogP contribution in [0.2, 0.25) is 0 Å². The molecule has 1 aromatic carbocycles. The molecule has 1 atom stereocenters. The topological polar surface area (TPSA) is 78.9 Å². The van der Waals surface area contributed by atoms with Crippen LogP contribution in [0.3, 0.4) is 0 Å². The minimum Gasteiger partial charge on any atom is -0.444 e. The Kier molecular flexibility index (Phi) is 7.03. The van der Waals surface area contributed by atoms with Crippen molar-refractivity contribution in [2.24, 2.45) is 0 Å². The number of carbonyl (C=O) groups excluding carboxylic acids is 2. The molecule has 0 radical (unpaired) electrons. The van der Waals surface area contributed by atoms with E-state index in [9.17, 15) is 14.7 Å². The number of hydrogen-bond donors (Lipinski definition) is 2. The summed E-state index contributed by atoms with van der Waals surface area (Å²) < 4.78 is 5.15. The SMILES string of the molecule is CC(NC(=O)OC(C)(C)C)C(=O)N(CCO)Cc1ccccc1. The molecule has 0 bridgehead atoms. The van der Waals surface area contributed by atoms with Crippen LogP contribution in [0.15, 0.2) is 30.3 Å². The van der Waals surface area contributed by atoms with Crippen LogP contribution in [0, 0.1) is 0 Å². The molecular formula is C17H26N2O4. The van der Waals surface area contributed by atoms with Gasteiger partial charge in [0.05, 0.1) is 6.61 Å². The molecule has 0 spiro atoms. The molecule has 1 aromatic rings. The highest BCUT2D eigenvalue weighted by Crippen LogP contribution is 2.09. The van der Waals surface area contributed by atoms with Crippen molar-refractivity contribution >= 4 is 12.0 Å². The van der Waals surface area contributed by atoms with E-state index in [0.29, 0.717) is 6.54 Å². The predicted octanol–water partition coefficient (Wildman–Crippen LogP) is 1.92. The van der Waals surface area contributed by atoms with Gasteiger partial charge in [0.25, 0.3) is 0 Å². The Morgan fingerprint density at radius 1 is 1.26 bits per heavy atom. The van der Waals surface area contributed by atoms with Crippen LogP contribution in [0.4, 0.5) is 4.79 Å². The number of benzene rings is 1. The second-order valence-electron chi connectivity index (χ2n) is 6.34. The average molecular weight is 322 g/mol. The first kappa shape index (κ1) is 19.0. The standard InChI is InChI=1S/C17H26N2O4/c1-13(18-16(22)23-17(2,3)4)15(21)19(10-11-20)12-14-8-6-5-7-9-14/h5-9,13,20H,10-12H2,1-4H3,(H,18,22). The van der Waals surface area contributed by atoms with Crippen molar-refractivity contribution in [2.75, 3.05) is 13.2 Å². The number of amides is 2. The lowest BCUT2D eigenvalue weighted by Crippen LogP contribution is -2.48. The molecule has 2 amide bonds. The molecule has 2 N–H and O–H groups in total. The lowest BCUT2D eigenvalue weighted by molar-refractivity contribution is -0.134. The van der Waals surface area contributed by atoms with Gasteiger partial charge in [0.15, 0.2) is 0 Å². The molecule has 0 saturated heterocycles. The number of carbonyl (C=O) groups is 2. The molecule has 0 heterocycles. The van der Waals surface area contributed by atoms with E-state index in [0.717, 1.165) is 5.56 Å². The number of aliphatic hydroxyl groups is 1. The van der Waals surface area contributed by atoms with E-state index in [4.69, 9.17) is 4.74 Å². The van der Waals surface area contributed by atoms with Crippen molar-refractivity contribution in [2.45, 2.75) is 45.9 Å². The average Bonchev–Trinajstić information content (AvgIpc) is 2.45. The van der Waals surface area contributed by atoms with Crippen LogP contribution in [-0.2, 0) is 16.1 Å². The first-order chi connectivity index (χ1) is 10.7. The Morgan fingerprint density at radius 2 is 1.87 bits per heavy atom. The van der Waals surface area contributed by atoms with Crippen LogP contribution in [0.1, 0.15) is 33.3 Å². The number of rotatable bonds is 6. The van der Waals surface area contributed by atoms with Gasteiger partial charge in [-0.3, -0.25) is 4.79 Å². The smallest absolute Gasteiger partial charge is 0.408 e. The first-order valence-electron chi connectivity index (χ1n) is 7.66. The minimum absolute atomic E-state index is 0.141. The normalized spacial score (nSPS) is 12.4. The summed E-state index contributed by atoms with van der Waals surface area (Å²) in [6.07, 6.45) is -0.637. The van der Waals surface area contributed by atoms with Crippen LogP contribution in [0.5, 0.6) is 0 Å². The molecule has 0 aliphatic rings. The fourth-order valence-corrected chi connectivity index (χ4v) is 2.01. The van der Waals surface area contributed by atoms with Crippen molar-refractivity contribution in [1.29, 1.82) is 0 Å². The van der Waals surface area contributed by atoms with Gasteiger partial charge < -0.3 is 20.1 Å². The number of aliphatic hydroxyl groups excluding tert-OH is 1. The summed E-state index contributed by atoms with van der Waals surface area (Å²) in [5, 5.41) is 11.7. The molecule has 0 aliphatic heterocycles. The lowest BCUT2D eigenvalue weighted by Gasteiger charge is -2.27. The quantitative estimate of drug-likeness (QED) is 0.839. The summed E-state index contributed by atoms with van der Waals surface area (Å²) in [4.78, 5) is 25.8. The molecule has 0 saturated carbocycles. The maximum atomic E-state index is 12.5. The Labute approximate surface area is 137 Å². The molecular weight excluding hydrogens is 296 g/mol. The molecule has 6 nitrogen and oxygen atoms in total. The zero-order chi connectivity index (χ0) is 17.5. The highest BCUT2D eigenvalue weighted by atomic mass is 16.6. The highest BCUT2D eigenvalue weighted by molar-refractivity contribution is 5.85. The van der Waals surface area contributed by atoms with E-state index in [1.807, 2.05) is 30.3 Å². The summed E-state index contributed by atoms with van der Waals surface area (Å²) >= 11 is 0. The van der Waals surface area contributed by atoms with Crippen molar-refractivity contribution in [3.63, 3.8) is 0 Å². The van der Waals surface area contributed by atoms with Gasteiger partial charge in [-0.2, -0.15) is 0 Å². The summed E-state index contributed by atoms with van der Waals surface area (Å²) in [7, 11) is 0. The van der Waals surface area contributed by atoms with Crippen LogP contribution in [-0.4, -0.2) is 46.8 Å². The van der Waals surface area contributed by atoms with E-state index in [1.54, 1.807) is 27.7 Å². The molecule has 0 fully saturated rings. The summed E-state index contributed by atoms with van der Waals surface area (Å²) in [6, 6.07) is 8.75.